The summed E-state index contributed by atoms with van der Waals surface area (Å²) in [6.45, 7) is 9.56. The first-order valence-corrected chi connectivity index (χ1v) is 17.1. The number of phenolic OH excluding ortho intramolecular Hbond substituents is 1. The Morgan fingerprint density at radius 2 is 1.51 bits per heavy atom. The Kier molecular flexibility index (Phi) is 10.2. The topological polar surface area (TPSA) is 45.2 Å². The second-order valence-corrected chi connectivity index (χ2v) is 13.3. The van der Waals surface area contributed by atoms with Crippen LogP contribution >= 0.6 is 11.3 Å². The molecule has 1 atom stereocenters. The maximum Gasteiger partial charge on any atom is 0.119 e. The maximum atomic E-state index is 10.2. The van der Waals surface area contributed by atoms with Crippen molar-refractivity contribution >= 4 is 21.4 Å². The van der Waals surface area contributed by atoms with Crippen molar-refractivity contribution in [2.45, 2.75) is 64.3 Å². The molecule has 0 radical (unpaired) electrons. The fourth-order valence-corrected chi connectivity index (χ4v) is 7.84. The van der Waals surface area contributed by atoms with E-state index >= 15 is 0 Å². The Bertz CT molecular complexity index is 1440. The molecule has 2 aliphatic heterocycles. The highest BCUT2D eigenvalue weighted by molar-refractivity contribution is 7.22. The Hall–Kier alpha value is -3.06. The molecule has 2 aliphatic rings. The molecule has 6 heteroatoms. The highest BCUT2D eigenvalue weighted by Gasteiger charge is 2.18. The molecule has 1 N–H and O–H groups in total. The molecule has 228 valence electrons. The molecule has 0 saturated carbocycles. The van der Waals surface area contributed by atoms with Crippen LogP contribution in [0.2, 0.25) is 0 Å². The van der Waals surface area contributed by atoms with Gasteiger partial charge in [0.1, 0.15) is 23.9 Å². The number of phenols is 1. The van der Waals surface area contributed by atoms with Crippen molar-refractivity contribution in [1.29, 1.82) is 0 Å². The molecule has 0 aliphatic carbocycles. The number of piperidine rings is 2. The number of thiophene rings is 1. The van der Waals surface area contributed by atoms with E-state index in [9.17, 15) is 5.11 Å². The highest BCUT2D eigenvalue weighted by atomic mass is 32.1. The van der Waals surface area contributed by atoms with Crippen molar-refractivity contribution in [2.24, 2.45) is 0 Å². The average molecular weight is 599 g/mol. The Labute approximate surface area is 261 Å². The zero-order chi connectivity index (χ0) is 29.4. The number of hydrogen-bond acceptors (Lipinski definition) is 6. The first-order valence-electron chi connectivity index (χ1n) is 16.3. The molecule has 0 amide bonds. The van der Waals surface area contributed by atoms with Gasteiger partial charge in [0.05, 0.1) is 6.61 Å². The molecule has 1 unspecified atom stereocenters. The van der Waals surface area contributed by atoms with Gasteiger partial charge in [-0.1, -0.05) is 25.0 Å². The summed E-state index contributed by atoms with van der Waals surface area (Å²) in [5, 5.41) is 11.4. The molecule has 1 aromatic heterocycles. The molecule has 4 aromatic rings. The molecule has 43 heavy (non-hydrogen) atoms. The molecular weight excluding hydrogens is 552 g/mol. The van der Waals surface area contributed by atoms with E-state index in [1.54, 1.807) is 17.4 Å². The molecule has 2 fully saturated rings. The average Bonchev–Trinajstić information content (AvgIpc) is 3.38. The van der Waals surface area contributed by atoms with Crippen LogP contribution in [0.25, 0.3) is 20.5 Å². The van der Waals surface area contributed by atoms with E-state index in [4.69, 9.17) is 9.47 Å². The van der Waals surface area contributed by atoms with Crippen LogP contribution in [0.5, 0.6) is 17.2 Å². The lowest BCUT2D eigenvalue weighted by atomic mass is 9.99. The van der Waals surface area contributed by atoms with Gasteiger partial charge >= 0.3 is 0 Å². The largest absolute Gasteiger partial charge is 0.508 e. The number of nitrogens with zero attached hydrogens (tertiary/aromatic N) is 2. The van der Waals surface area contributed by atoms with Crippen LogP contribution in [0.15, 0.2) is 66.7 Å². The second-order valence-electron chi connectivity index (χ2n) is 12.3. The minimum absolute atomic E-state index is 0.306. The van der Waals surface area contributed by atoms with Crippen LogP contribution in [-0.4, -0.2) is 66.9 Å². The summed E-state index contributed by atoms with van der Waals surface area (Å²) in [6, 6.07) is 23.6. The number of likely N-dealkylation sites (tertiary alicyclic amines) is 2. The molecule has 5 nitrogen and oxygen atoms in total. The third-order valence-electron chi connectivity index (χ3n) is 9.12. The second kappa shape index (κ2) is 14.6. The Morgan fingerprint density at radius 3 is 2.28 bits per heavy atom. The van der Waals surface area contributed by atoms with Gasteiger partial charge in [0.15, 0.2) is 0 Å². The van der Waals surface area contributed by atoms with E-state index < -0.39 is 0 Å². The van der Waals surface area contributed by atoms with Crippen LogP contribution in [-0.2, 0) is 6.42 Å². The summed E-state index contributed by atoms with van der Waals surface area (Å²) in [7, 11) is 0. The predicted octanol–water partition coefficient (Wildman–Crippen LogP) is 8.37. The lowest BCUT2D eigenvalue weighted by Gasteiger charge is -2.33. The first-order chi connectivity index (χ1) is 21.1. The molecule has 6 rings (SSSR count). The zero-order valence-electron chi connectivity index (χ0n) is 25.6. The quantitative estimate of drug-likeness (QED) is 0.166. The van der Waals surface area contributed by atoms with E-state index in [0.717, 1.165) is 55.3 Å². The van der Waals surface area contributed by atoms with Crippen LogP contribution in [0, 0.1) is 0 Å². The Balaban J connectivity index is 1.09. The number of benzene rings is 3. The third-order valence-corrected chi connectivity index (χ3v) is 10.4. The number of rotatable bonds is 12. The molecule has 0 bridgehead atoms. The molecule has 3 aromatic carbocycles. The minimum atomic E-state index is 0.306. The van der Waals surface area contributed by atoms with E-state index in [0.29, 0.717) is 11.8 Å². The van der Waals surface area contributed by atoms with Crippen molar-refractivity contribution < 1.29 is 14.6 Å². The van der Waals surface area contributed by atoms with E-state index in [1.165, 1.54) is 85.1 Å². The van der Waals surface area contributed by atoms with Crippen molar-refractivity contribution in [3.05, 3.63) is 77.9 Å². The van der Waals surface area contributed by atoms with Crippen molar-refractivity contribution in [3.8, 4) is 27.7 Å². The third kappa shape index (κ3) is 7.91. The monoisotopic (exact) mass is 598 g/mol. The van der Waals surface area contributed by atoms with Crippen LogP contribution in [0.4, 0.5) is 0 Å². The molecule has 2 saturated heterocycles. The van der Waals surface area contributed by atoms with Crippen LogP contribution in [0.1, 0.15) is 63.0 Å². The van der Waals surface area contributed by atoms with Crippen LogP contribution < -0.4 is 9.47 Å². The number of aromatic hydroxyl groups is 1. The summed E-state index contributed by atoms with van der Waals surface area (Å²) in [5.41, 5.74) is 3.73. The van der Waals surface area contributed by atoms with E-state index in [2.05, 4.69) is 71.3 Å². The van der Waals surface area contributed by atoms with E-state index in [1.807, 2.05) is 6.07 Å². The lowest BCUT2D eigenvalue weighted by Crippen LogP contribution is -2.38. The molecular formula is C37H46N2O3S. The molecule has 0 spiro atoms. The van der Waals surface area contributed by atoms with Gasteiger partial charge in [-0.25, -0.2) is 0 Å². The number of fused-ring (bicyclic) bond motifs is 1. The summed E-state index contributed by atoms with van der Waals surface area (Å²) < 4.78 is 13.3. The van der Waals surface area contributed by atoms with Crippen molar-refractivity contribution in [2.75, 3.05) is 45.9 Å². The summed E-state index contributed by atoms with van der Waals surface area (Å²) in [4.78, 5) is 6.36. The highest BCUT2D eigenvalue weighted by Crippen LogP contribution is 2.41. The van der Waals surface area contributed by atoms with Gasteiger partial charge in [0.25, 0.3) is 0 Å². The van der Waals surface area contributed by atoms with Gasteiger partial charge < -0.3 is 19.5 Å². The normalized spacial score (nSPS) is 18.2. The van der Waals surface area contributed by atoms with Gasteiger partial charge in [0.2, 0.25) is 0 Å². The van der Waals surface area contributed by atoms with Gasteiger partial charge in [-0.15, -0.1) is 11.3 Å². The van der Waals surface area contributed by atoms with E-state index in [-0.39, 0.29) is 0 Å². The minimum Gasteiger partial charge on any atom is -0.508 e. The predicted molar refractivity (Wildman–Crippen MR) is 179 cm³/mol. The lowest BCUT2D eigenvalue weighted by molar-refractivity contribution is 0.148. The van der Waals surface area contributed by atoms with Crippen molar-refractivity contribution in [1.82, 2.24) is 9.80 Å². The summed E-state index contributed by atoms with van der Waals surface area (Å²) in [5.74, 6) is 2.16. The fourth-order valence-electron chi connectivity index (χ4n) is 6.58. The zero-order valence-corrected chi connectivity index (χ0v) is 26.4. The van der Waals surface area contributed by atoms with Crippen LogP contribution in [0.3, 0.4) is 0 Å². The summed E-state index contributed by atoms with van der Waals surface area (Å²) in [6.07, 6.45) is 9.87. The Morgan fingerprint density at radius 1 is 0.791 bits per heavy atom. The summed E-state index contributed by atoms with van der Waals surface area (Å²) >= 11 is 1.75. The maximum absolute atomic E-state index is 10.2. The van der Waals surface area contributed by atoms with Gasteiger partial charge in [-0.05, 0) is 142 Å². The fraction of sp³-hybridized carbons (Fsp3) is 0.459. The SMILES string of the molecule is CC1CCCCN1CCCOc1ccc(Cc2c(-c3ccc(OCCN4CCCCC4)cc3)sc3cc(O)ccc23)cc1. The standard InChI is InChI=1S/C37H46N2O3S/c1-28-8-3-6-21-39(28)22-7-24-41-32-14-9-29(10-15-32)26-35-34-18-13-31(40)27-36(34)43-37(35)30-11-16-33(17-12-30)42-25-23-38-19-4-2-5-20-38/h9-18,27-28,40H,2-8,19-26H2,1H3. The van der Waals surface area contributed by atoms with Crippen molar-refractivity contribution in [3.63, 3.8) is 0 Å². The smallest absolute Gasteiger partial charge is 0.119 e. The number of ether oxygens (including phenoxy) is 2. The van der Waals surface area contributed by atoms with Gasteiger partial charge in [-0.3, -0.25) is 4.90 Å². The first kappa shape index (κ1) is 30.0. The van der Waals surface area contributed by atoms with Gasteiger partial charge in [0, 0.05) is 28.7 Å². The number of hydrogen-bond donors (Lipinski definition) is 1. The molecule has 3 heterocycles. The van der Waals surface area contributed by atoms with Gasteiger partial charge in [-0.2, -0.15) is 0 Å².